The van der Waals surface area contributed by atoms with E-state index in [0.29, 0.717) is 11.6 Å². The van der Waals surface area contributed by atoms with Crippen LogP contribution in [0.4, 0.5) is 11.4 Å². The molecule has 0 aliphatic rings. The lowest BCUT2D eigenvalue weighted by atomic mass is 10.1. The number of hydrogen-bond acceptors (Lipinski definition) is 8. The van der Waals surface area contributed by atoms with E-state index in [1.807, 2.05) is 32.0 Å². The first-order valence-electron chi connectivity index (χ1n) is 8.61. The van der Waals surface area contributed by atoms with Gasteiger partial charge < -0.3 is 14.5 Å². The van der Waals surface area contributed by atoms with E-state index in [1.54, 1.807) is 0 Å². The van der Waals surface area contributed by atoms with Gasteiger partial charge in [-0.2, -0.15) is 0 Å². The van der Waals surface area contributed by atoms with Crippen LogP contribution in [0.25, 0.3) is 0 Å². The highest BCUT2D eigenvalue weighted by molar-refractivity contribution is 7.99. The molecular formula is C19H18N4O5S. The predicted octanol–water partition coefficient (Wildman–Crippen LogP) is 3.90. The second-order valence-electron chi connectivity index (χ2n) is 6.11. The number of nitro benzene ring substituents is 1. The van der Waals surface area contributed by atoms with E-state index in [2.05, 4.69) is 15.5 Å². The molecule has 0 aliphatic heterocycles. The highest BCUT2D eigenvalue weighted by Crippen LogP contribution is 2.24. The zero-order chi connectivity index (χ0) is 20.8. The molecule has 3 rings (SSSR count). The number of para-hydroxylation sites is 1. The van der Waals surface area contributed by atoms with Crippen LogP contribution in [0.3, 0.4) is 0 Å². The van der Waals surface area contributed by atoms with Gasteiger partial charge >= 0.3 is 0 Å². The van der Waals surface area contributed by atoms with Crippen LogP contribution in [0, 0.1) is 24.0 Å². The molecule has 0 aliphatic carbocycles. The number of anilines is 1. The van der Waals surface area contributed by atoms with Gasteiger partial charge in [0.15, 0.2) is 6.61 Å². The molecule has 0 atom stereocenters. The fourth-order valence-electron chi connectivity index (χ4n) is 2.51. The van der Waals surface area contributed by atoms with Crippen molar-refractivity contribution < 1.29 is 18.9 Å². The lowest BCUT2D eigenvalue weighted by molar-refractivity contribution is -0.384. The molecule has 0 bridgehead atoms. The number of nitrogens with one attached hydrogen (secondary N) is 1. The number of ether oxygens (including phenoxy) is 1. The molecule has 1 N–H and O–H groups in total. The van der Waals surface area contributed by atoms with Crippen LogP contribution in [0.1, 0.15) is 17.0 Å². The highest BCUT2D eigenvalue weighted by atomic mass is 32.2. The van der Waals surface area contributed by atoms with Crippen LogP contribution >= 0.6 is 11.8 Å². The number of carbonyl (C=O) groups is 1. The average Bonchev–Trinajstić information content (AvgIpc) is 3.14. The number of amides is 1. The topological polar surface area (TPSA) is 120 Å². The summed E-state index contributed by atoms with van der Waals surface area (Å²) in [7, 11) is 0. The predicted molar refractivity (Wildman–Crippen MR) is 107 cm³/mol. The third-order valence-electron chi connectivity index (χ3n) is 3.89. The lowest BCUT2D eigenvalue weighted by Crippen LogP contribution is -2.13. The number of non-ortho nitro benzene ring substituents is 1. The molecule has 9 nitrogen and oxygen atoms in total. The Kier molecular flexibility index (Phi) is 6.45. The van der Waals surface area contributed by atoms with Gasteiger partial charge in [-0.3, -0.25) is 14.9 Å². The minimum Gasteiger partial charge on any atom is -0.483 e. The number of carbonyl (C=O) groups excluding carboxylic acids is 1. The van der Waals surface area contributed by atoms with E-state index >= 15 is 0 Å². The van der Waals surface area contributed by atoms with Gasteiger partial charge in [0.25, 0.3) is 16.8 Å². The summed E-state index contributed by atoms with van der Waals surface area (Å²) in [5, 5.41) is 21.4. The summed E-state index contributed by atoms with van der Waals surface area (Å²) in [6.45, 7) is 4.05. The summed E-state index contributed by atoms with van der Waals surface area (Å²) in [6, 6.07) is 11.5. The van der Waals surface area contributed by atoms with Crippen LogP contribution in [-0.4, -0.2) is 26.8 Å². The SMILES string of the molecule is Cc1cccc(C)c1OCc1nnc(SCC(=O)Nc2ccc([N+](=O)[O-])cc2)o1. The van der Waals surface area contributed by atoms with Gasteiger partial charge in [0.05, 0.1) is 10.7 Å². The molecular weight excluding hydrogens is 396 g/mol. The third kappa shape index (κ3) is 5.55. The Morgan fingerprint density at radius 3 is 2.52 bits per heavy atom. The Bertz CT molecular complexity index is 999. The summed E-state index contributed by atoms with van der Waals surface area (Å²) < 4.78 is 11.3. The number of aromatic nitrogens is 2. The number of benzene rings is 2. The monoisotopic (exact) mass is 414 g/mol. The normalized spacial score (nSPS) is 10.6. The second kappa shape index (κ2) is 9.20. The number of nitro groups is 1. The van der Waals surface area contributed by atoms with Crippen LogP contribution in [0.5, 0.6) is 5.75 Å². The molecule has 1 amide bonds. The molecule has 10 heteroatoms. The Balaban J connectivity index is 1.48. The van der Waals surface area contributed by atoms with Crippen molar-refractivity contribution in [3.05, 3.63) is 69.6 Å². The molecule has 150 valence electrons. The zero-order valence-electron chi connectivity index (χ0n) is 15.7. The van der Waals surface area contributed by atoms with E-state index in [9.17, 15) is 14.9 Å². The van der Waals surface area contributed by atoms with Gasteiger partial charge in [-0.1, -0.05) is 30.0 Å². The first-order valence-corrected chi connectivity index (χ1v) is 9.59. The molecule has 2 aromatic carbocycles. The standard InChI is InChI=1S/C19H18N4O5S/c1-12-4-3-5-13(2)18(12)27-10-17-21-22-19(28-17)29-11-16(24)20-14-6-8-15(9-7-14)23(25)26/h3-9H,10-11H2,1-2H3,(H,20,24). The van der Waals surface area contributed by atoms with E-state index in [4.69, 9.17) is 9.15 Å². The smallest absolute Gasteiger partial charge is 0.277 e. The van der Waals surface area contributed by atoms with Crippen molar-refractivity contribution in [3.63, 3.8) is 0 Å². The molecule has 0 spiro atoms. The maximum absolute atomic E-state index is 12.0. The van der Waals surface area contributed by atoms with E-state index < -0.39 is 4.92 Å². The number of nitrogens with zero attached hydrogens (tertiary/aromatic N) is 3. The van der Waals surface area contributed by atoms with Crippen molar-refractivity contribution >= 4 is 29.0 Å². The fourth-order valence-corrected chi connectivity index (χ4v) is 3.09. The number of rotatable bonds is 8. The van der Waals surface area contributed by atoms with Crippen molar-refractivity contribution in [2.24, 2.45) is 0 Å². The van der Waals surface area contributed by atoms with Crippen LogP contribution in [0.15, 0.2) is 52.1 Å². The van der Waals surface area contributed by atoms with Crippen LogP contribution < -0.4 is 10.1 Å². The van der Waals surface area contributed by atoms with Gasteiger partial charge in [-0.05, 0) is 37.1 Å². The van der Waals surface area contributed by atoms with Gasteiger partial charge in [0.1, 0.15) is 5.75 Å². The molecule has 0 saturated heterocycles. The minimum absolute atomic E-state index is 0.0427. The Morgan fingerprint density at radius 1 is 1.17 bits per heavy atom. The fraction of sp³-hybridized carbons (Fsp3) is 0.211. The van der Waals surface area contributed by atoms with Crippen molar-refractivity contribution in [1.29, 1.82) is 0 Å². The van der Waals surface area contributed by atoms with Crippen molar-refractivity contribution in [2.75, 3.05) is 11.1 Å². The summed E-state index contributed by atoms with van der Waals surface area (Å²) in [5.74, 6) is 0.847. The Labute approximate surface area is 170 Å². The number of hydrogen-bond donors (Lipinski definition) is 1. The molecule has 0 unspecified atom stereocenters. The highest BCUT2D eigenvalue weighted by Gasteiger charge is 2.12. The number of thioether (sulfide) groups is 1. The molecule has 3 aromatic rings. The van der Waals surface area contributed by atoms with Crippen molar-refractivity contribution in [3.8, 4) is 5.75 Å². The van der Waals surface area contributed by atoms with Gasteiger partial charge in [0, 0.05) is 17.8 Å². The molecule has 0 radical (unpaired) electrons. The summed E-state index contributed by atoms with van der Waals surface area (Å²) >= 11 is 1.09. The van der Waals surface area contributed by atoms with E-state index in [-0.39, 0.29) is 29.2 Å². The van der Waals surface area contributed by atoms with Crippen molar-refractivity contribution in [1.82, 2.24) is 10.2 Å². The molecule has 1 heterocycles. The third-order valence-corrected chi connectivity index (χ3v) is 4.70. The lowest BCUT2D eigenvalue weighted by Gasteiger charge is -2.09. The van der Waals surface area contributed by atoms with Gasteiger partial charge in [-0.15, -0.1) is 10.2 Å². The second-order valence-corrected chi connectivity index (χ2v) is 7.04. The molecule has 1 aromatic heterocycles. The largest absolute Gasteiger partial charge is 0.483 e. The van der Waals surface area contributed by atoms with Crippen molar-refractivity contribution in [2.45, 2.75) is 25.7 Å². The quantitative estimate of drug-likeness (QED) is 0.335. The molecule has 29 heavy (non-hydrogen) atoms. The Hall–Kier alpha value is -3.40. The summed E-state index contributed by atoms with van der Waals surface area (Å²) in [6.07, 6.45) is 0. The molecule has 0 saturated carbocycles. The first kappa shape index (κ1) is 20.3. The van der Waals surface area contributed by atoms with E-state index in [0.717, 1.165) is 28.6 Å². The minimum atomic E-state index is -0.501. The average molecular weight is 414 g/mol. The van der Waals surface area contributed by atoms with Crippen LogP contribution in [0.2, 0.25) is 0 Å². The Morgan fingerprint density at radius 2 is 1.86 bits per heavy atom. The maximum atomic E-state index is 12.0. The van der Waals surface area contributed by atoms with Gasteiger partial charge in [-0.25, -0.2) is 0 Å². The van der Waals surface area contributed by atoms with Gasteiger partial charge in [0.2, 0.25) is 5.91 Å². The van der Waals surface area contributed by atoms with E-state index in [1.165, 1.54) is 24.3 Å². The first-order chi connectivity index (χ1) is 13.9. The van der Waals surface area contributed by atoms with Crippen LogP contribution in [-0.2, 0) is 11.4 Å². The zero-order valence-corrected chi connectivity index (χ0v) is 16.6. The number of aryl methyl sites for hydroxylation is 2. The summed E-state index contributed by atoms with van der Waals surface area (Å²) in [5.41, 5.74) is 2.46. The summed E-state index contributed by atoms with van der Waals surface area (Å²) in [4.78, 5) is 22.2. The molecule has 0 fully saturated rings. The maximum Gasteiger partial charge on any atom is 0.277 e.